The van der Waals surface area contributed by atoms with Gasteiger partial charge in [0.25, 0.3) is 15.6 Å². The molecular formula is C23H20N4O6S. The predicted octanol–water partition coefficient (Wildman–Crippen LogP) is 2.84. The van der Waals surface area contributed by atoms with Crippen molar-refractivity contribution in [2.45, 2.75) is 18.7 Å². The van der Waals surface area contributed by atoms with Gasteiger partial charge in [0.1, 0.15) is 28.3 Å². The molecule has 0 aliphatic carbocycles. The lowest BCUT2D eigenvalue weighted by Crippen LogP contribution is -2.30. The van der Waals surface area contributed by atoms with Crippen molar-refractivity contribution >= 4 is 15.7 Å². The number of aromatic amines is 1. The molecule has 4 aromatic rings. The fourth-order valence-corrected chi connectivity index (χ4v) is 4.53. The van der Waals surface area contributed by atoms with Crippen molar-refractivity contribution in [2.75, 3.05) is 4.72 Å². The molecule has 3 aromatic carbocycles. The van der Waals surface area contributed by atoms with E-state index in [9.17, 15) is 23.1 Å². The van der Waals surface area contributed by atoms with Crippen molar-refractivity contribution in [1.29, 1.82) is 0 Å². The van der Waals surface area contributed by atoms with E-state index in [1.165, 1.54) is 18.2 Å². The molecule has 4 rings (SSSR count). The Morgan fingerprint density at radius 1 is 1.00 bits per heavy atom. The van der Waals surface area contributed by atoms with Crippen LogP contribution in [0.3, 0.4) is 0 Å². The number of aromatic hydroxyl groups is 1. The first-order chi connectivity index (χ1) is 16.1. The molecule has 0 unspecified atom stereocenters. The second-order valence-corrected chi connectivity index (χ2v) is 9.11. The van der Waals surface area contributed by atoms with Crippen LogP contribution in [0.4, 0.5) is 5.69 Å². The number of rotatable bonds is 6. The van der Waals surface area contributed by atoms with Crippen molar-refractivity contribution < 1.29 is 18.3 Å². The number of phenolic OH excluding ortho intramolecular Hbond substituents is 1. The molecule has 10 nitrogen and oxygen atoms in total. The van der Waals surface area contributed by atoms with Crippen LogP contribution in [0, 0.1) is 13.8 Å². The lowest BCUT2D eigenvalue weighted by molar-refractivity contribution is 0.447. The average Bonchev–Trinajstić information content (AvgIpc) is 2.77. The molecule has 0 radical (unpaired) electrons. The first-order valence-corrected chi connectivity index (χ1v) is 11.5. The topological polar surface area (TPSA) is 143 Å². The Kier molecular flexibility index (Phi) is 5.95. The quantitative estimate of drug-likeness (QED) is 0.385. The molecule has 3 N–H and O–H groups in total. The number of anilines is 1. The number of hydrogen-bond donors (Lipinski definition) is 3. The Hall–Kier alpha value is -4.38. The number of H-pyrrole nitrogens is 1. The summed E-state index contributed by atoms with van der Waals surface area (Å²) in [4.78, 5) is 25.1. The summed E-state index contributed by atoms with van der Waals surface area (Å²) in [6.07, 6.45) is 0.998. The van der Waals surface area contributed by atoms with Gasteiger partial charge in [-0.3, -0.25) is 14.5 Å². The molecule has 1 aromatic heterocycles. The summed E-state index contributed by atoms with van der Waals surface area (Å²) in [7, 11) is -4.09. The van der Waals surface area contributed by atoms with Gasteiger partial charge in [-0.15, -0.1) is 0 Å². The lowest BCUT2D eigenvalue weighted by atomic mass is 10.1. The number of nitrogens with one attached hydrogen (secondary N) is 2. The van der Waals surface area contributed by atoms with E-state index in [1.54, 1.807) is 56.3 Å². The molecule has 0 fully saturated rings. The molecule has 0 amide bonds. The van der Waals surface area contributed by atoms with Gasteiger partial charge in [-0.1, -0.05) is 18.2 Å². The Balaban J connectivity index is 1.67. The number of aryl methyl sites for hydroxylation is 2. The molecule has 11 heteroatoms. The Morgan fingerprint density at radius 3 is 2.32 bits per heavy atom. The highest BCUT2D eigenvalue weighted by Gasteiger charge is 2.21. The van der Waals surface area contributed by atoms with Crippen molar-refractivity contribution in [3.05, 3.63) is 98.8 Å². The highest BCUT2D eigenvalue weighted by atomic mass is 32.2. The van der Waals surface area contributed by atoms with Crippen LogP contribution in [0.25, 0.3) is 5.69 Å². The van der Waals surface area contributed by atoms with E-state index in [2.05, 4.69) is 14.8 Å². The van der Waals surface area contributed by atoms with Gasteiger partial charge in [-0.25, -0.2) is 13.2 Å². The second-order valence-electron chi connectivity index (χ2n) is 7.46. The summed E-state index contributed by atoms with van der Waals surface area (Å²) in [5, 5.41) is 14.0. The standard InChI is InChI=1S/C23H20N4O6S/c1-14-10-17(27-23(30)25-21(29)13-24-27)11-15(2)22(14)33-18-8-9-19(28)20(12-18)34(31,32)26-16-6-4-3-5-7-16/h3-13,26,28H,1-2H3,(H,25,29,30). The number of nitrogens with zero attached hydrogens (tertiary/aromatic N) is 2. The molecule has 0 saturated heterocycles. The third-order valence-corrected chi connectivity index (χ3v) is 6.28. The van der Waals surface area contributed by atoms with Crippen LogP contribution < -0.4 is 20.7 Å². The fraction of sp³-hybridized carbons (Fsp3) is 0.0870. The van der Waals surface area contributed by atoms with Crippen LogP contribution in [0.2, 0.25) is 0 Å². The summed E-state index contributed by atoms with van der Waals surface area (Å²) in [6.45, 7) is 3.50. The van der Waals surface area contributed by atoms with Crippen LogP contribution in [0.5, 0.6) is 17.2 Å². The van der Waals surface area contributed by atoms with Crippen LogP contribution in [0.15, 0.2) is 81.3 Å². The zero-order chi connectivity index (χ0) is 24.5. The predicted molar refractivity (Wildman–Crippen MR) is 125 cm³/mol. The van der Waals surface area contributed by atoms with Crippen LogP contribution >= 0.6 is 0 Å². The average molecular weight is 481 g/mol. The van der Waals surface area contributed by atoms with Crippen LogP contribution in [-0.4, -0.2) is 28.3 Å². The summed E-state index contributed by atoms with van der Waals surface area (Å²) >= 11 is 0. The Morgan fingerprint density at radius 2 is 1.68 bits per heavy atom. The molecule has 34 heavy (non-hydrogen) atoms. The smallest absolute Gasteiger partial charge is 0.349 e. The maximum absolute atomic E-state index is 12.8. The number of para-hydroxylation sites is 1. The van der Waals surface area contributed by atoms with E-state index in [0.29, 0.717) is 28.3 Å². The number of ether oxygens (including phenoxy) is 1. The van der Waals surface area contributed by atoms with Gasteiger partial charge in [-0.05, 0) is 61.4 Å². The van der Waals surface area contributed by atoms with Crippen molar-refractivity contribution in [3.63, 3.8) is 0 Å². The zero-order valence-corrected chi connectivity index (χ0v) is 19.0. The minimum absolute atomic E-state index is 0.185. The number of sulfonamides is 1. The fourth-order valence-electron chi connectivity index (χ4n) is 3.36. The van der Waals surface area contributed by atoms with Gasteiger partial charge in [0.05, 0.1) is 5.69 Å². The van der Waals surface area contributed by atoms with Crippen LogP contribution in [-0.2, 0) is 10.0 Å². The lowest BCUT2D eigenvalue weighted by Gasteiger charge is -2.15. The molecule has 0 saturated carbocycles. The number of aromatic nitrogens is 3. The molecule has 0 aliphatic heterocycles. The molecule has 1 heterocycles. The normalized spacial score (nSPS) is 11.2. The van der Waals surface area contributed by atoms with Gasteiger partial charge in [0.2, 0.25) is 0 Å². The minimum Gasteiger partial charge on any atom is -0.507 e. The zero-order valence-electron chi connectivity index (χ0n) is 18.1. The van der Waals surface area contributed by atoms with E-state index in [4.69, 9.17) is 4.74 Å². The van der Waals surface area contributed by atoms with E-state index >= 15 is 0 Å². The Labute approximate surface area is 194 Å². The molecule has 0 atom stereocenters. The van der Waals surface area contributed by atoms with Crippen LogP contribution in [0.1, 0.15) is 11.1 Å². The van der Waals surface area contributed by atoms with E-state index in [1.807, 2.05) is 0 Å². The first kappa shape index (κ1) is 22.8. The second kappa shape index (κ2) is 8.87. The minimum atomic E-state index is -4.09. The molecule has 0 aliphatic rings. The monoisotopic (exact) mass is 480 g/mol. The maximum Gasteiger partial charge on any atom is 0.349 e. The van der Waals surface area contributed by atoms with Crippen molar-refractivity contribution in [1.82, 2.24) is 14.8 Å². The summed E-state index contributed by atoms with van der Waals surface area (Å²) in [6, 6.07) is 15.5. The van der Waals surface area contributed by atoms with E-state index < -0.39 is 27.0 Å². The summed E-state index contributed by atoms with van der Waals surface area (Å²) < 4.78 is 35.1. The van der Waals surface area contributed by atoms with E-state index in [0.717, 1.165) is 10.9 Å². The van der Waals surface area contributed by atoms with Crippen molar-refractivity contribution in [3.8, 4) is 22.9 Å². The number of benzene rings is 3. The molecule has 0 spiro atoms. The maximum atomic E-state index is 12.8. The highest BCUT2D eigenvalue weighted by molar-refractivity contribution is 7.92. The number of hydrogen-bond acceptors (Lipinski definition) is 7. The molecular weight excluding hydrogens is 460 g/mol. The molecule has 174 valence electrons. The summed E-state index contributed by atoms with van der Waals surface area (Å²) in [5.41, 5.74) is 0.754. The number of phenols is 1. The SMILES string of the molecule is Cc1cc(-n2ncc(=O)[nH]c2=O)cc(C)c1Oc1ccc(O)c(S(=O)(=O)Nc2ccccc2)c1. The highest BCUT2D eigenvalue weighted by Crippen LogP contribution is 2.34. The van der Waals surface area contributed by atoms with Gasteiger partial charge in [-0.2, -0.15) is 9.78 Å². The van der Waals surface area contributed by atoms with Gasteiger partial charge < -0.3 is 9.84 Å². The van der Waals surface area contributed by atoms with Gasteiger partial charge in [0.15, 0.2) is 0 Å². The Bertz CT molecular complexity index is 1570. The van der Waals surface area contributed by atoms with Gasteiger partial charge in [0, 0.05) is 11.8 Å². The third-order valence-electron chi connectivity index (χ3n) is 4.87. The van der Waals surface area contributed by atoms with Crippen molar-refractivity contribution in [2.24, 2.45) is 0 Å². The van der Waals surface area contributed by atoms with Gasteiger partial charge >= 0.3 is 5.69 Å². The summed E-state index contributed by atoms with van der Waals surface area (Å²) in [5.74, 6) is 0.193. The van der Waals surface area contributed by atoms with E-state index in [-0.39, 0.29) is 10.6 Å². The molecule has 0 bridgehead atoms. The third kappa shape index (κ3) is 4.69. The first-order valence-electron chi connectivity index (χ1n) is 10.0. The largest absolute Gasteiger partial charge is 0.507 e.